The monoisotopic (exact) mass is 457 g/mol. The lowest BCUT2D eigenvalue weighted by Gasteiger charge is -2.29. The first kappa shape index (κ1) is 22.8. The highest BCUT2D eigenvalue weighted by Crippen LogP contribution is 2.58. The summed E-state index contributed by atoms with van der Waals surface area (Å²) in [6.45, 7) is 5.26. The molecule has 0 aliphatic carbocycles. The third-order valence-electron chi connectivity index (χ3n) is 5.92. The molecule has 0 saturated carbocycles. The third kappa shape index (κ3) is 4.32. The zero-order chi connectivity index (χ0) is 22.1. The van der Waals surface area contributed by atoms with Crippen molar-refractivity contribution < 1.29 is 38.0 Å². The first-order valence-corrected chi connectivity index (χ1v) is 12.8. The van der Waals surface area contributed by atoms with Gasteiger partial charge in [-0.1, -0.05) is 6.08 Å². The van der Waals surface area contributed by atoms with E-state index >= 15 is 0 Å². The van der Waals surface area contributed by atoms with E-state index in [-0.39, 0.29) is 37.4 Å². The van der Waals surface area contributed by atoms with Gasteiger partial charge in [0.05, 0.1) is 37.1 Å². The van der Waals surface area contributed by atoms with Gasteiger partial charge in [-0.3, -0.25) is 9.13 Å². The molecule has 1 fully saturated rings. The molecule has 10 heteroatoms. The smallest absolute Gasteiger partial charge is 0.330 e. The van der Waals surface area contributed by atoms with E-state index in [1.165, 1.54) is 4.57 Å². The van der Waals surface area contributed by atoms with Crippen molar-refractivity contribution >= 4 is 7.60 Å². The zero-order valence-corrected chi connectivity index (χ0v) is 19.0. The molecule has 3 aliphatic rings. The standard InChI is InChI=1S/C21H32NO8P/c1-3-28-31(25,29-4-2)13-7-11-22-19(23)17-15-9-10-21(30-15,18(17)20(22)24)14-27-16-8-5-6-12-26-16/h9-10,15-16,23-24H,3-8,11-14H2,1-2H3. The van der Waals surface area contributed by atoms with Gasteiger partial charge in [-0.15, -0.1) is 0 Å². The number of rotatable bonds is 11. The fraction of sp³-hybridized carbons (Fsp3) is 0.714. The Kier molecular flexibility index (Phi) is 6.82. The van der Waals surface area contributed by atoms with Crippen LogP contribution < -0.4 is 0 Å². The number of hydrogen-bond acceptors (Lipinski definition) is 8. The molecule has 4 rings (SSSR count). The maximum atomic E-state index is 12.7. The predicted octanol–water partition coefficient (Wildman–Crippen LogP) is 3.94. The molecule has 3 aliphatic heterocycles. The van der Waals surface area contributed by atoms with Gasteiger partial charge in [0.1, 0.15) is 11.7 Å². The molecule has 3 atom stereocenters. The number of fused-ring (bicyclic) bond motifs is 5. The second-order valence-electron chi connectivity index (χ2n) is 8.01. The first-order chi connectivity index (χ1) is 14.9. The number of ether oxygens (including phenoxy) is 3. The van der Waals surface area contributed by atoms with Crippen molar-refractivity contribution in [1.29, 1.82) is 0 Å². The summed E-state index contributed by atoms with van der Waals surface area (Å²) in [6.07, 6.45) is 6.55. The van der Waals surface area contributed by atoms with Crippen LogP contribution in [0.1, 0.15) is 56.8 Å². The van der Waals surface area contributed by atoms with E-state index < -0.39 is 19.3 Å². The van der Waals surface area contributed by atoms with Crippen molar-refractivity contribution in [2.45, 2.75) is 64.1 Å². The molecule has 1 aromatic rings. The van der Waals surface area contributed by atoms with E-state index in [9.17, 15) is 14.8 Å². The summed E-state index contributed by atoms with van der Waals surface area (Å²) in [5.41, 5.74) is 0.150. The lowest BCUT2D eigenvalue weighted by molar-refractivity contribution is -0.191. The van der Waals surface area contributed by atoms with E-state index in [4.69, 9.17) is 23.3 Å². The number of hydrogen-bond donors (Lipinski definition) is 2. The lowest BCUT2D eigenvalue weighted by atomic mass is 9.90. The van der Waals surface area contributed by atoms with Crippen LogP contribution in [0.5, 0.6) is 11.8 Å². The molecule has 9 nitrogen and oxygen atoms in total. The molecule has 31 heavy (non-hydrogen) atoms. The van der Waals surface area contributed by atoms with Gasteiger partial charge in [0.2, 0.25) is 11.8 Å². The molecular formula is C21H32NO8P. The Morgan fingerprint density at radius 3 is 2.68 bits per heavy atom. The van der Waals surface area contributed by atoms with E-state index in [0.29, 0.717) is 37.4 Å². The Labute approximate surface area is 182 Å². The average molecular weight is 457 g/mol. The molecule has 174 valence electrons. The number of nitrogens with zero attached hydrogens (tertiary/aromatic N) is 1. The lowest BCUT2D eigenvalue weighted by Crippen LogP contribution is -2.32. The molecule has 1 saturated heterocycles. The Morgan fingerprint density at radius 1 is 1.23 bits per heavy atom. The Hall–Kier alpha value is -1.35. The van der Waals surface area contributed by atoms with Crippen molar-refractivity contribution in [2.24, 2.45) is 0 Å². The third-order valence-corrected chi connectivity index (χ3v) is 8.08. The molecule has 2 bridgehead atoms. The second kappa shape index (κ2) is 9.25. The van der Waals surface area contributed by atoms with E-state index in [2.05, 4.69) is 0 Å². The molecule has 0 amide bonds. The van der Waals surface area contributed by atoms with Crippen molar-refractivity contribution in [3.05, 3.63) is 23.3 Å². The minimum atomic E-state index is -3.18. The molecule has 3 unspecified atom stereocenters. The minimum Gasteiger partial charge on any atom is -0.494 e. The van der Waals surface area contributed by atoms with Gasteiger partial charge >= 0.3 is 7.60 Å². The highest BCUT2D eigenvalue weighted by Gasteiger charge is 2.53. The van der Waals surface area contributed by atoms with Gasteiger partial charge in [0.15, 0.2) is 6.29 Å². The topological polar surface area (TPSA) is 109 Å². The summed E-state index contributed by atoms with van der Waals surface area (Å²) in [4.78, 5) is 0. The van der Waals surface area contributed by atoms with Gasteiger partial charge in [-0.05, 0) is 45.6 Å². The fourth-order valence-corrected chi connectivity index (χ4v) is 6.20. The van der Waals surface area contributed by atoms with Gasteiger partial charge in [0, 0.05) is 13.2 Å². The minimum absolute atomic E-state index is 0.0414. The summed E-state index contributed by atoms with van der Waals surface area (Å²) in [7, 11) is -3.18. The van der Waals surface area contributed by atoms with Gasteiger partial charge in [0.25, 0.3) is 0 Å². The molecule has 1 aromatic heterocycles. The van der Waals surface area contributed by atoms with Crippen LogP contribution in [-0.4, -0.2) is 53.7 Å². The fourth-order valence-electron chi connectivity index (χ4n) is 4.55. The molecular weight excluding hydrogens is 425 g/mol. The summed E-state index contributed by atoms with van der Waals surface area (Å²) in [6, 6.07) is 0. The van der Waals surface area contributed by atoms with Crippen LogP contribution in [0.2, 0.25) is 0 Å². The van der Waals surface area contributed by atoms with Gasteiger partial charge in [-0.2, -0.15) is 0 Å². The zero-order valence-electron chi connectivity index (χ0n) is 18.1. The SMILES string of the molecule is CCOP(=O)(CCCn1c(O)c2c(c1O)C1(COC3CCCCO3)C=CC2O1)OCC. The quantitative estimate of drug-likeness (QED) is 0.380. The first-order valence-electron chi connectivity index (χ1n) is 11.1. The maximum absolute atomic E-state index is 12.7. The molecule has 0 spiro atoms. The van der Waals surface area contributed by atoms with Crippen LogP contribution in [0.4, 0.5) is 0 Å². The van der Waals surface area contributed by atoms with Crippen LogP contribution in [0.3, 0.4) is 0 Å². The van der Waals surface area contributed by atoms with Crippen LogP contribution in [0, 0.1) is 0 Å². The summed E-state index contributed by atoms with van der Waals surface area (Å²) in [5.74, 6) is -0.101. The van der Waals surface area contributed by atoms with Crippen LogP contribution in [0.15, 0.2) is 12.2 Å². The molecule has 0 radical (unpaired) electrons. The number of aromatic nitrogens is 1. The Morgan fingerprint density at radius 2 is 2.00 bits per heavy atom. The summed E-state index contributed by atoms with van der Waals surface area (Å²) < 4.78 is 42.4. The summed E-state index contributed by atoms with van der Waals surface area (Å²) in [5, 5.41) is 21.8. The second-order valence-corrected chi connectivity index (χ2v) is 10.2. The number of aromatic hydroxyl groups is 2. The highest BCUT2D eigenvalue weighted by molar-refractivity contribution is 7.53. The van der Waals surface area contributed by atoms with Crippen LogP contribution in [0.25, 0.3) is 0 Å². The van der Waals surface area contributed by atoms with Crippen LogP contribution in [-0.2, 0) is 40.0 Å². The van der Waals surface area contributed by atoms with E-state index in [0.717, 1.165) is 19.3 Å². The molecule has 4 heterocycles. The predicted molar refractivity (Wildman–Crippen MR) is 112 cm³/mol. The summed E-state index contributed by atoms with van der Waals surface area (Å²) >= 11 is 0. The highest BCUT2D eigenvalue weighted by atomic mass is 31.2. The van der Waals surface area contributed by atoms with Crippen molar-refractivity contribution in [3.63, 3.8) is 0 Å². The Bertz CT molecular complexity index is 852. The van der Waals surface area contributed by atoms with Crippen molar-refractivity contribution in [1.82, 2.24) is 4.57 Å². The largest absolute Gasteiger partial charge is 0.494 e. The van der Waals surface area contributed by atoms with Crippen LogP contribution >= 0.6 is 7.60 Å². The maximum Gasteiger partial charge on any atom is 0.330 e. The van der Waals surface area contributed by atoms with E-state index in [1.54, 1.807) is 13.8 Å². The molecule has 2 N–H and O–H groups in total. The van der Waals surface area contributed by atoms with Gasteiger partial charge < -0.3 is 33.5 Å². The Balaban J connectivity index is 1.47. The van der Waals surface area contributed by atoms with E-state index in [1.807, 2.05) is 12.2 Å². The van der Waals surface area contributed by atoms with Crippen molar-refractivity contribution in [3.8, 4) is 11.8 Å². The van der Waals surface area contributed by atoms with Crippen molar-refractivity contribution in [2.75, 3.05) is 32.6 Å². The normalized spacial score (nSPS) is 27.2. The van der Waals surface area contributed by atoms with Gasteiger partial charge in [-0.25, -0.2) is 0 Å². The average Bonchev–Trinajstić information content (AvgIpc) is 3.40. The molecule has 0 aromatic carbocycles.